The highest BCUT2D eigenvalue weighted by molar-refractivity contribution is 5.99. The van der Waals surface area contributed by atoms with Gasteiger partial charge in [-0.1, -0.05) is 61.5 Å². The molecule has 1 N–H and O–H groups in total. The Bertz CT molecular complexity index is 630. The first-order valence-corrected chi connectivity index (χ1v) is 7.65. The molecule has 0 atom stereocenters. The number of amides is 1. The minimum absolute atomic E-state index is 0.0617. The second kappa shape index (κ2) is 8.13. The van der Waals surface area contributed by atoms with Crippen molar-refractivity contribution in [3.05, 3.63) is 71.3 Å². The predicted molar refractivity (Wildman–Crippen MR) is 90.9 cm³/mol. The smallest absolute Gasteiger partial charge is 0.240 e. The lowest BCUT2D eigenvalue weighted by atomic mass is 10.1. The SMILES string of the molecule is CCc1ccc(C(C)=NNC(=O)CCc2ccccc2)cc1. The van der Waals surface area contributed by atoms with E-state index in [-0.39, 0.29) is 5.91 Å². The number of nitrogens with zero attached hydrogens (tertiary/aromatic N) is 1. The first kappa shape index (κ1) is 16.0. The van der Waals surface area contributed by atoms with Crippen LogP contribution in [0.1, 0.15) is 37.0 Å². The summed E-state index contributed by atoms with van der Waals surface area (Å²) in [5, 5.41) is 4.18. The van der Waals surface area contributed by atoms with Gasteiger partial charge < -0.3 is 0 Å². The second-order valence-electron chi connectivity index (χ2n) is 5.27. The molecule has 2 rings (SSSR count). The molecule has 0 aliphatic heterocycles. The van der Waals surface area contributed by atoms with E-state index < -0.39 is 0 Å². The molecular formula is C19H22N2O. The Labute approximate surface area is 132 Å². The Morgan fingerprint density at radius 2 is 1.68 bits per heavy atom. The van der Waals surface area contributed by atoms with E-state index in [0.29, 0.717) is 6.42 Å². The average Bonchev–Trinajstić information content (AvgIpc) is 2.58. The fourth-order valence-corrected chi connectivity index (χ4v) is 2.15. The number of carbonyl (C=O) groups excluding carboxylic acids is 1. The number of hydrazone groups is 1. The van der Waals surface area contributed by atoms with E-state index in [0.717, 1.165) is 29.7 Å². The Balaban J connectivity index is 1.85. The summed E-state index contributed by atoms with van der Waals surface area (Å²) in [5.74, 6) is -0.0617. The number of hydrogen-bond acceptors (Lipinski definition) is 2. The highest BCUT2D eigenvalue weighted by Gasteiger charge is 2.02. The van der Waals surface area contributed by atoms with Gasteiger partial charge in [0.1, 0.15) is 0 Å². The fraction of sp³-hybridized carbons (Fsp3) is 0.263. The quantitative estimate of drug-likeness (QED) is 0.640. The number of aryl methyl sites for hydroxylation is 2. The Hall–Kier alpha value is -2.42. The number of carbonyl (C=O) groups is 1. The summed E-state index contributed by atoms with van der Waals surface area (Å²) in [6, 6.07) is 18.2. The maximum Gasteiger partial charge on any atom is 0.240 e. The minimum atomic E-state index is -0.0617. The van der Waals surface area contributed by atoms with E-state index >= 15 is 0 Å². The molecule has 1 amide bonds. The monoisotopic (exact) mass is 294 g/mol. The van der Waals surface area contributed by atoms with Gasteiger partial charge in [-0.3, -0.25) is 4.79 Å². The first-order chi connectivity index (χ1) is 10.7. The van der Waals surface area contributed by atoms with Crippen LogP contribution in [0.25, 0.3) is 0 Å². The number of benzene rings is 2. The van der Waals surface area contributed by atoms with Crippen LogP contribution in [-0.4, -0.2) is 11.6 Å². The van der Waals surface area contributed by atoms with E-state index in [9.17, 15) is 4.79 Å². The van der Waals surface area contributed by atoms with E-state index in [4.69, 9.17) is 0 Å². The lowest BCUT2D eigenvalue weighted by Gasteiger charge is -2.04. The Morgan fingerprint density at radius 1 is 1.00 bits per heavy atom. The second-order valence-corrected chi connectivity index (χ2v) is 5.27. The molecule has 0 aliphatic carbocycles. The van der Waals surface area contributed by atoms with Gasteiger partial charge in [0, 0.05) is 6.42 Å². The van der Waals surface area contributed by atoms with E-state index in [1.807, 2.05) is 49.4 Å². The van der Waals surface area contributed by atoms with Crippen LogP contribution in [0.3, 0.4) is 0 Å². The lowest BCUT2D eigenvalue weighted by Crippen LogP contribution is -2.19. The van der Waals surface area contributed by atoms with Crippen LogP contribution in [0.5, 0.6) is 0 Å². The molecule has 0 spiro atoms. The van der Waals surface area contributed by atoms with E-state index in [2.05, 4.69) is 29.6 Å². The van der Waals surface area contributed by atoms with Crippen molar-refractivity contribution in [2.45, 2.75) is 33.1 Å². The molecule has 3 nitrogen and oxygen atoms in total. The van der Waals surface area contributed by atoms with Crippen molar-refractivity contribution in [2.75, 3.05) is 0 Å². The molecule has 0 radical (unpaired) electrons. The first-order valence-electron chi connectivity index (χ1n) is 7.65. The molecular weight excluding hydrogens is 272 g/mol. The third-order valence-electron chi connectivity index (χ3n) is 3.61. The van der Waals surface area contributed by atoms with Crippen LogP contribution < -0.4 is 5.43 Å². The largest absolute Gasteiger partial charge is 0.273 e. The van der Waals surface area contributed by atoms with Gasteiger partial charge in [-0.2, -0.15) is 5.10 Å². The Morgan fingerprint density at radius 3 is 2.32 bits per heavy atom. The topological polar surface area (TPSA) is 41.5 Å². The van der Waals surface area contributed by atoms with Crippen LogP contribution >= 0.6 is 0 Å². The molecule has 0 aromatic heterocycles. The number of hydrogen-bond donors (Lipinski definition) is 1. The normalized spacial score (nSPS) is 11.3. The summed E-state index contributed by atoms with van der Waals surface area (Å²) in [6.45, 7) is 4.03. The summed E-state index contributed by atoms with van der Waals surface area (Å²) in [5.41, 5.74) is 6.93. The minimum Gasteiger partial charge on any atom is -0.273 e. The van der Waals surface area contributed by atoms with Crippen molar-refractivity contribution in [2.24, 2.45) is 5.10 Å². The van der Waals surface area contributed by atoms with Crippen LogP contribution in [-0.2, 0) is 17.6 Å². The maximum atomic E-state index is 11.8. The predicted octanol–water partition coefficient (Wildman–Crippen LogP) is 3.72. The molecule has 114 valence electrons. The zero-order chi connectivity index (χ0) is 15.8. The van der Waals surface area contributed by atoms with Crippen LogP contribution in [0.2, 0.25) is 0 Å². The summed E-state index contributed by atoms with van der Waals surface area (Å²) in [6.07, 6.45) is 2.19. The number of nitrogens with one attached hydrogen (secondary N) is 1. The zero-order valence-electron chi connectivity index (χ0n) is 13.2. The van der Waals surface area contributed by atoms with Crippen LogP contribution in [0.15, 0.2) is 59.7 Å². The molecule has 0 saturated carbocycles. The third kappa shape index (κ3) is 4.85. The summed E-state index contributed by atoms with van der Waals surface area (Å²) < 4.78 is 0. The highest BCUT2D eigenvalue weighted by atomic mass is 16.2. The van der Waals surface area contributed by atoms with Crippen LogP contribution in [0.4, 0.5) is 0 Å². The van der Waals surface area contributed by atoms with Crippen molar-refractivity contribution in [3.63, 3.8) is 0 Å². The molecule has 0 heterocycles. The van der Waals surface area contributed by atoms with Crippen molar-refractivity contribution in [1.29, 1.82) is 0 Å². The molecule has 0 bridgehead atoms. The molecule has 2 aromatic carbocycles. The van der Waals surface area contributed by atoms with Gasteiger partial charge in [0.2, 0.25) is 5.91 Å². The Kier molecular flexibility index (Phi) is 5.90. The highest BCUT2D eigenvalue weighted by Crippen LogP contribution is 2.06. The van der Waals surface area contributed by atoms with Crippen molar-refractivity contribution in [3.8, 4) is 0 Å². The van der Waals surface area contributed by atoms with Gasteiger partial charge in [-0.25, -0.2) is 5.43 Å². The van der Waals surface area contributed by atoms with Gasteiger partial charge in [-0.15, -0.1) is 0 Å². The molecule has 0 unspecified atom stereocenters. The molecule has 0 fully saturated rings. The number of rotatable bonds is 6. The lowest BCUT2D eigenvalue weighted by molar-refractivity contribution is -0.121. The fourth-order valence-electron chi connectivity index (χ4n) is 2.15. The third-order valence-corrected chi connectivity index (χ3v) is 3.61. The van der Waals surface area contributed by atoms with Crippen molar-refractivity contribution in [1.82, 2.24) is 5.43 Å². The van der Waals surface area contributed by atoms with Gasteiger partial charge in [0.15, 0.2) is 0 Å². The van der Waals surface area contributed by atoms with E-state index in [1.54, 1.807) is 0 Å². The van der Waals surface area contributed by atoms with Crippen LogP contribution in [0, 0.1) is 0 Å². The van der Waals surface area contributed by atoms with Gasteiger partial charge in [-0.05, 0) is 36.5 Å². The van der Waals surface area contributed by atoms with Crippen molar-refractivity contribution < 1.29 is 4.79 Å². The summed E-state index contributed by atoms with van der Waals surface area (Å²) in [4.78, 5) is 11.8. The van der Waals surface area contributed by atoms with Gasteiger partial charge >= 0.3 is 0 Å². The summed E-state index contributed by atoms with van der Waals surface area (Å²) in [7, 11) is 0. The van der Waals surface area contributed by atoms with Gasteiger partial charge in [0.05, 0.1) is 5.71 Å². The van der Waals surface area contributed by atoms with Gasteiger partial charge in [0.25, 0.3) is 0 Å². The van der Waals surface area contributed by atoms with E-state index in [1.165, 1.54) is 5.56 Å². The van der Waals surface area contributed by atoms with Crippen molar-refractivity contribution >= 4 is 11.6 Å². The summed E-state index contributed by atoms with van der Waals surface area (Å²) >= 11 is 0. The zero-order valence-corrected chi connectivity index (χ0v) is 13.2. The molecule has 22 heavy (non-hydrogen) atoms. The molecule has 0 saturated heterocycles. The maximum absolute atomic E-state index is 11.8. The molecule has 3 heteroatoms. The molecule has 2 aromatic rings. The average molecular weight is 294 g/mol. The standard InChI is InChI=1S/C19H22N2O/c1-3-16-9-12-18(13-10-16)15(2)20-21-19(22)14-11-17-7-5-4-6-8-17/h4-10,12-13H,3,11,14H2,1-2H3,(H,21,22). The molecule has 0 aliphatic rings.